The van der Waals surface area contributed by atoms with E-state index in [1.54, 1.807) is 13.8 Å². The average molecular weight is 384 g/mol. The first-order valence-electron chi connectivity index (χ1n) is 7.22. The summed E-state index contributed by atoms with van der Waals surface area (Å²) in [5.74, 6) is -1.02. The molecule has 0 aromatic carbocycles. The maximum Gasteiger partial charge on any atom is 0.342 e. The third-order valence-corrected chi connectivity index (χ3v) is 5.22. The molecule has 2 rings (SSSR count). The van der Waals surface area contributed by atoms with E-state index in [-0.39, 0.29) is 17.4 Å². The van der Waals surface area contributed by atoms with Gasteiger partial charge in [-0.25, -0.2) is 14.7 Å². The van der Waals surface area contributed by atoms with Crippen LogP contribution in [0.4, 0.5) is 5.00 Å². The number of thioether (sulfide) groups is 1. The number of aromatic nitrogens is 3. The summed E-state index contributed by atoms with van der Waals surface area (Å²) in [5, 5.41) is 8.70. The molecule has 0 unspecified atom stereocenters. The van der Waals surface area contributed by atoms with Crippen LogP contribution in [0.5, 0.6) is 0 Å². The summed E-state index contributed by atoms with van der Waals surface area (Å²) < 4.78 is 5.02. The van der Waals surface area contributed by atoms with Crippen molar-refractivity contribution in [3.8, 4) is 0 Å². The lowest BCUT2D eigenvalue weighted by Crippen LogP contribution is -2.25. The number of carbonyl (C=O) groups excluding carboxylic acids is 2. The summed E-state index contributed by atoms with van der Waals surface area (Å²) in [5.41, 5.74) is -0.299. The number of carbonyl (C=O) groups is 2. The number of rotatable bonds is 6. The van der Waals surface area contributed by atoms with Crippen LogP contribution in [0.25, 0.3) is 0 Å². The quantitative estimate of drug-likeness (QED) is 0.500. The first-order valence-corrected chi connectivity index (χ1v) is 9.02. The van der Waals surface area contributed by atoms with E-state index in [0.29, 0.717) is 10.6 Å². The smallest absolute Gasteiger partial charge is 0.342 e. The number of hydrogen-bond donors (Lipinski definition) is 3. The van der Waals surface area contributed by atoms with Crippen LogP contribution >= 0.6 is 23.1 Å². The average Bonchev–Trinajstić information content (AvgIpc) is 2.81. The second-order valence-electron chi connectivity index (χ2n) is 4.86. The summed E-state index contributed by atoms with van der Waals surface area (Å²) in [6.45, 7) is 5.57. The number of anilines is 1. The number of esters is 1. The van der Waals surface area contributed by atoms with Crippen LogP contribution in [0.1, 0.15) is 27.7 Å². The fourth-order valence-corrected chi connectivity index (χ4v) is 3.59. The third-order valence-electron chi connectivity index (χ3n) is 3.14. The lowest BCUT2D eigenvalue weighted by molar-refractivity contribution is -0.113. The SMILES string of the molecule is CCOC(=O)c1c(NC(=O)CSc2n[nH]c(=O)[nH]c2=O)sc(C)c1C. The molecule has 1 amide bonds. The number of aryl methyl sites for hydroxylation is 1. The van der Waals surface area contributed by atoms with Gasteiger partial charge >= 0.3 is 11.7 Å². The normalized spacial score (nSPS) is 10.5. The standard InChI is InChI=1S/C14H16N4O5S2/c1-4-23-13(21)9-6(2)7(3)25-11(9)15-8(19)5-24-12-10(20)16-14(22)18-17-12/h4-5H2,1-3H3,(H,15,19)(H2,16,18,20,22). The van der Waals surface area contributed by atoms with E-state index in [1.165, 1.54) is 11.3 Å². The molecule has 0 fully saturated rings. The zero-order valence-corrected chi connectivity index (χ0v) is 15.4. The van der Waals surface area contributed by atoms with Crippen molar-refractivity contribution in [3.63, 3.8) is 0 Å². The Hall–Kier alpha value is -2.40. The fourth-order valence-electron chi connectivity index (χ4n) is 1.90. The largest absolute Gasteiger partial charge is 0.462 e. The van der Waals surface area contributed by atoms with Gasteiger partial charge < -0.3 is 10.1 Å². The van der Waals surface area contributed by atoms with Crippen molar-refractivity contribution >= 4 is 40.0 Å². The van der Waals surface area contributed by atoms with Gasteiger partial charge in [0.05, 0.1) is 17.9 Å². The summed E-state index contributed by atoms with van der Waals surface area (Å²) in [6.07, 6.45) is 0. The van der Waals surface area contributed by atoms with E-state index in [2.05, 4.69) is 15.5 Å². The highest BCUT2D eigenvalue weighted by Crippen LogP contribution is 2.33. The maximum absolute atomic E-state index is 12.1. The number of amides is 1. The Balaban J connectivity index is 2.10. The summed E-state index contributed by atoms with van der Waals surface area (Å²) >= 11 is 2.15. The maximum atomic E-state index is 12.1. The van der Waals surface area contributed by atoms with E-state index >= 15 is 0 Å². The number of aromatic amines is 2. The molecule has 0 aliphatic rings. The van der Waals surface area contributed by atoms with Gasteiger partial charge in [-0.2, -0.15) is 5.10 Å². The van der Waals surface area contributed by atoms with Gasteiger partial charge in [0.1, 0.15) is 5.00 Å². The Morgan fingerprint density at radius 2 is 2.04 bits per heavy atom. The molecule has 0 saturated carbocycles. The van der Waals surface area contributed by atoms with Crippen molar-refractivity contribution in [1.82, 2.24) is 15.2 Å². The predicted octanol–water partition coefficient (Wildman–Crippen LogP) is 1.04. The lowest BCUT2D eigenvalue weighted by atomic mass is 10.1. The Bertz CT molecular complexity index is 915. The zero-order chi connectivity index (χ0) is 18.6. The highest BCUT2D eigenvalue weighted by atomic mass is 32.2. The second kappa shape index (κ2) is 8.12. The molecule has 3 N–H and O–H groups in total. The number of nitrogens with zero attached hydrogens (tertiary/aromatic N) is 1. The van der Waals surface area contributed by atoms with Gasteiger partial charge in [0, 0.05) is 4.88 Å². The van der Waals surface area contributed by atoms with Crippen molar-refractivity contribution < 1.29 is 14.3 Å². The van der Waals surface area contributed by atoms with Crippen molar-refractivity contribution in [3.05, 3.63) is 36.8 Å². The molecule has 0 atom stereocenters. The summed E-state index contributed by atoms with van der Waals surface area (Å²) in [6, 6.07) is 0. The predicted molar refractivity (Wildman–Crippen MR) is 94.6 cm³/mol. The van der Waals surface area contributed by atoms with Crippen molar-refractivity contribution in [2.45, 2.75) is 25.8 Å². The molecule has 0 aliphatic heterocycles. The highest BCUT2D eigenvalue weighted by Gasteiger charge is 2.22. The number of ether oxygens (including phenoxy) is 1. The van der Waals surface area contributed by atoms with E-state index in [1.807, 2.05) is 11.9 Å². The van der Waals surface area contributed by atoms with Crippen LogP contribution in [0.15, 0.2) is 14.6 Å². The first-order chi connectivity index (χ1) is 11.8. The van der Waals surface area contributed by atoms with Crippen LogP contribution in [0, 0.1) is 13.8 Å². The molecule has 0 saturated heterocycles. The van der Waals surface area contributed by atoms with Crippen LogP contribution in [0.2, 0.25) is 0 Å². The van der Waals surface area contributed by atoms with Crippen molar-refractivity contribution in [1.29, 1.82) is 0 Å². The lowest BCUT2D eigenvalue weighted by Gasteiger charge is -2.06. The van der Waals surface area contributed by atoms with E-state index < -0.39 is 23.1 Å². The molecule has 11 heteroatoms. The molecule has 2 aromatic heterocycles. The minimum absolute atomic E-state index is 0.0288. The molecule has 2 aromatic rings. The van der Waals surface area contributed by atoms with Crippen LogP contribution in [-0.2, 0) is 9.53 Å². The minimum Gasteiger partial charge on any atom is -0.462 e. The van der Waals surface area contributed by atoms with Crippen LogP contribution in [0.3, 0.4) is 0 Å². The van der Waals surface area contributed by atoms with Gasteiger partial charge in [0.15, 0.2) is 5.03 Å². The Kier molecular flexibility index (Phi) is 6.15. The molecular weight excluding hydrogens is 368 g/mol. The summed E-state index contributed by atoms with van der Waals surface area (Å²) in [4.78, 5) is 49.5. The van der Waals surface area contributed by atoms with Crippen LogP contribution in [-0.4, -0.2) is 39.4 Å². The minimum atomic E-state index is -0.720. The Labute approximate surface area is 150 Å². The van der Waals surface area contributed by atoms with Gasteiger partial charge in [0.2, 0.25) is 5.91 Å². The van der Waals surface area contributed by atoms with E-state index in [9.17, 15) is 19.2 Å². The molecule has 0 radical (unpaired) electrons. The molecule has 9 nitrogen and oxygen atoms in total. The summed E-state index contributed by atoms with van der Waals surface area (Å²) in [7, 11) is 0. The van der Waals surface area contributed by atoms with Crippen molar-refractivity contribution in [2.75, 3.05) is 17.7 Å². The molecule has 0 aliphatic carbocycles. The third kappa shape index (κ3) is 4.57. The van der Waals surface area contributed by atoms with Gasteiger partial charge in [-0.15, -0.1) is 11.3 Å². The molecule has 0 spiro atoms. The monoisotopic (exact) mass is 384 g/mol. The van der Waals surface area contributed by atoms with Gasteiger partial charge in [-0.3, -0.25) is 14.6 Å². The molecule has 25 heavy (non-hydrogen) atoms. The number of thiophene rings is 1. The van der Waals surface area contributed by atoms with Gasteiger partial charge in [-0.1, -0.05) is 11.8 Å². The molecular formula is C14H16N4O5S2. The number of nitrogens with one attached hydrogen (secondary N) is 3. The van der Waals surface area contributed by atoms with Gasteiger partial charge in [-0.05, 0) is 26.3 Å². The fraction of sp³-hybridized carbons (Fsp3) is 0.357. The zero-order valence-electron chi connectivity index (χ0n) is 13.7. The molecule has 134 valence electrons. The van der Waals surface area contributed by atoms with Gasteiger partial charge in [0.25, 0.3) is 5.56 Å². The topological polar surface area (TPSA) is 134 Å². The first kappa shape index (κ1) is 18.9. The number of hydrogen-bond acceptors (Lipinski definition) is 8. The highest BCUT2D eigenvalue weighted by molar-refractivity contribution is 7.99. The molecule has 0 bridgehead atoms. The Morgan fingerprint density at radius 3 is 2.68 bits per heavy atom. The van der Waals surface area contributed by atoms with Crippen LogP contribution < -0.4 is 16.6 Å². The Morgan fingerprint density at radius 1 is 1.32 bits per heavy atom. The molecule has 2 heterocycles. The number of H-pyrrole nitrogens is 2. The van der Waals surface area contributed by atoms with Crippen molar-refractivity contribution in [2.24, 2.45) is 0 Å². The second-order valence-corrected chi connectivity index (χ2v) is 7.05. The van der Waals surface area contributed by atoms with E-state index in [4.69, 9.17) is 4.74 Å². The van der Waals surface area contributed by atoms with E-state index in [0.717, 1.165) is 22.2 Å².